The van der Waals surface area contributed by atoms with Crippen LogP contribution in [0.5, 0.6) is 0 Å². The number of rotatable bonds is 10. The van der Waals surface area contributed by atoms with Crippen molar-refractivity contribution < 1.29 is 18.9 Å². The van der Waals surface area contributed by atoms with E-state index in [1.165, 1.54) is 6.42 Å². The molecule has 0 N–H and O–H groups in total. The number of ether oxygens (including phenoxy) is 4. The van der Waals surface area contributed by atoms with Gasteiger partial charge in [0, 0.05) is 19.8 Å². The lowest BCUT2D eigenvalue weighted by Gasteiger charge is -2.27. The summed E-state index contributed by atoms with van der Waals surface area (Å²) in [6.07, 6.45) is 5.29. The Kier molecular flexibility index (Phi) is 22.8. The Labute approximate surface area is 138 Å². The van der Waals surface area contributed by atoms with Crippen molar-refractivity contribution in [1.82, 2.24) is 0 Å². The van der Waals surface area contributed by atoms with Crippen LogP contribution in [0.25, 0.3) is 0 Å². The van der Waals surface area contributed by atoms with Crippen LogP contribution in [0, 0.1) is 0 Å². The Morgan fingerprint density at radius 1 is 0.909 bits per heavy atom. The molecule has 0 radical (unpaired) electrons. The smallest absolute Gasteiger partial charge is 0.158 e. The predicted octanol–water partition coefficient (Wildman–Crippen LogP) is 4.80. The highest BCUT2D eigenvalue weighted by Crippen LogP contribution is 2.15. The van der Waals surface area contributed by atoms with Gasteiger partial charge in [-0.1, -0.05) is 41.5 Å². The molecule has 4 heteroatoms. The molecule has 1 aliphatic heterocycles. The summed E-state index contributed by atoms with van der Waals surface area (Å²) in [5.74, 6) is 0. The Hall–Kier alpha value is -0.160. The van der Waals surface area contributed by atoms with Gasteiger partial charge >= 0.3 is 0 Å². The zero-order valence-electron chi connectivity index (χ0n) is 15.9. The maximum Gasteiger partial charge on any atom is 0.158 e. The van der Waals surface area contributed by atoms with Crippen molar-refractivity contribution in [1.29, 1.82) is 0 Å². The minimum atomic E-state index is -0.0702. The van der Waals surface area contributed by atoms with Gasteiger partial charge in [-0.05, 0) is 32.1 Å². The lowest BCUT2D eigenvalue weighted by molar-refractivity contribution is -0.207. The second-order valence-corrected chi connectivity index (χ2v) is 4.70. The van der Waals surface area contributed by atoms with Gasteiger partial charge in [-0.3, -0.25) is 0 Å². The highest BCUT2D eigenvalue weighted by molar-refractivity contribution is 4.61. The maximum atomic E-state index is 5.91. The maximum absolute atomic E-state index is 5.91. The number of hydrogen-bond acceptors (Lipinski definition) is 4. The lowest BCUT2D eigenvalue weighted by Crippen LogP contribution is -2.34. The molecule has 1 aliphatic rings. The van der Waals surface area contributed by atoms with Gasteiger partial charge in [-0.2, -0.15) is 0 Å². The highest BCUT2D eigenvalue weighted by Gasteiger charge is 2.20. The third-order valence-corrected chi connectivity index (χ3v) is 2.79. The first-order valence-electron chi connectivity index (χ1n) is 9.29. The van der Waals surface area contributed by atoms with Crippen molar-refractivity contribution >= 4 is 0 Å². The van der Waals surface area contributed by atoms with E-state index in [0.29, 0.717) is 13.2 Å². The third-order valence-electron chi connectivity index (χ3n) is 2.79. The first-order valence-corrected chi connectivity index (χ1v) is 9.29. The molecular weight excluding hydrogens is 280 g/mol. The lowest BCUT2D eigenvalue weighted by atomic mass is 10.2. The molecule has 0 spiro atoms. The summed E-state index contributed by atoms with van der Waals surface area (Å²) in [6, 6.07) is 0. The molecule has 136 valence electrons. The Balaban J connectivity index is 0. The third kappa shape index (κ3) is 14.8. The zero-order chi connectivity index (χ0) is 17.1. The van der Waals surface area contributed by atoms with Crippen LogP contribution in [0.2, 0.25) is 0 Å². The summed E-state index contributed by atoms with van der Waals surface area (Å²) >= 11 is 0. The molecule has 1 saturated heterocycles. The monoisotopic (exact) mass is 320 g/mol. The summed E-state index contributed by atoms with van der Waals surface area (Å²) < 4.78 is 22.6. The van der Waals surface area contributed by atoms with Crippen LogP contribution in [0.3, 0.4) is 0 Å². The van der Waals surface area contributed by atoms with Gasteiger partial charge in [-0.25, -0.2) is 0 Å². The average molecular weight is 321 g/mol. The molecule has 4 nitrogen and oxygen atoms in total. The molecule has 1 fully saturated rings. The molecule has 0 aliphatic carbocycles. The molecule has 1 atom stereocenters. The minimum absolute atomic E-state index is 0.00815. The molecule has 0 aromatic heterocycles. The fourth-order valence-electron chi connectivity index (χ4n) is 1.88. The average Bonchev–Trinajstić information content (AvgIpc) is 2.60. The molecule has 22 heavy (non-hydrogen) atoms. The molecule has 0 saturated carbocycles. The largest absolute Gasteiger partial charge is 0.379 e. The van der Waals surface area contributed by atoms with Crippen molar-refractivity contribution in [2.24, 2.45) is 0 Å². The Morgan fingerprint density at radius 2 is 1.45 bits per heavy atom. The summed E-state index contributed by atoms with van der Waals surface area (Å²) in [5.41, 5.74) is 0. The van der Waals surface area contributed by atoms with E-state index in [-0.39, 0.29) is 12.4 Å². The van der Waals surface area contributed by atoms with E-state index in [1.54, 1.807) is 0 Å². The van der Waals surface area contributed by atoms with Crippen molar-refractivity contribution in [3.05, 3.63) is 0 Å². The first-order chi connectivity index (χ1) is 10.9. The first kappa shape index (κ1) is 24.1. The van der Waals surface area contributed by atoms with Crippen molar-refractivity contribution in [2.75, 3.05) is 33.0 Å². The van der Waals surface area contributed by atoms with E-state index >= 15 is 0 Å². The molecule has 1 heterocycles. The summed E-state index contributed by atoms with van der Waals surface area (Å²) in [7, 11) is 0. The van der Waals surface area contributed by atoms with E-state index < -0.39 is 0 Å². The normalized spacial score (nSPS) is 17.3. The van der Waals surface area contributed by atoms with E-state index in [9.17, 15) is 0 Å². The molecule has 0 amide bonds. The van der Waals surface area contributed by atoms with Crippen LogP contribution >= 0.6 is 0 Å². The quantitative estimate of drug-likeness (QED) is 0.542. The van der Waals surface area contributed by atoms with Gasteiger partial charge in [0.2, 0.25) is 0 Å². The van der Waals surface area contributed by atoms with Crippen molar-refractivity contribution in [2.45, 2.75) is 86.0 Å². The summed E-state index contributed by atoms with van der Waals surface area (Å²) in [4.78, 5) is 0. The fourth-order valence-corrected chi connectivity index (χ4v) is 1.88. The van der Waals surface area contributed by atoms with Gasteiger partial charge in [0.15, 0.2) is 6.29 Å². The van der Waals surface area contributed by atoms with Gasteiger partial charge in [0.25, 0.3) is 0 Å². The Bertz CT molecular complexity index is 172. The molecular formula is C18H40O4. The SMILES string of the molecule is CC.CC.CCCOCC(COCCC)OC1CCCCO1. The standard InChI is InChI=1S/C14H28O4.2C2H6/c1-3-8-15-11-13(12-16-9-4-2)18-14-7-5-6-10-17-14;2*1-2/h13-14H,3-12H2,1-2H3;2*1-2H3. The van der Waals surface area contributed by atoms with Crippen molar-refractivity contribution in [3.8, 4) is 0 Å². The summed E-state index contributed by atoms with van der Waals surface area (Å²) in [6.45, 7) is 15.8. The van der Waals surface area contributed by atoms with Crippen molar-refractivity contribution in [3.63, 3.8) is 0 Å². The zero-order valence-corrected chi connectivity index (χ0v) is 15.9. The predicted molar refractivity (Wildman–Crippen MR) is 93.4 cm³/mol. The van der Waals surface area contributed by atoms with Gasteiger partial charge in [0.1, 0.15) is 6.10 Å². The van der Waals surface area contributed by atoms with Gasteiger partial charge < -0.3 is 18.9 Å². The van der Waals surface area contributed by atoms with Crippen LogP contribution in [0.4, 0.5) is 0 Å². The fraction of sp³-hybridized carbons (Fsp3) is 1.00. The van der Waals surface area contributed by atoms with Gasteiger partial charge in [0.05, 0.1) is 13.2 Å². The highest BCUT2D eigenvalue weighted by atomic mass is 16.7. The van der Waals surface area contributed by atoms with E-state index in [0.717, 1.165) is 45.5 Å². The molecule has 1 unspecified atom stereocenters. The van der Waals surface area contributed by atoms with Crippen LogP contribution < -0.4 is 0 Å². The molecule has 0 bridgehead atoms. The molecule has 1 rings (SSSR count). The van der Waals surface area contributed by atoms with E-state index in [2.05, 4.69) is 13.8 Å². The van der Waals surface area contributed by atoms with Crippen LogP contribution in [-0.4, -0.2) is 45.4 Å². The van der Waals surface area contributed by atoms with Crippen LogP contribution in [0.15, 0.2) is 0 Å². The Morgan fingerprint density at radius 3 is 1.86 bits per heavy atom. The molecule has 0 aromatic carbocycles. The minimum Gasteiger partial charge on any atom is -0.379 e. The van der Waals surface area contributed by atoms with Crippen LogP contribution in [0.1, 0.15) is 73.6 Å². The second-order valence-electron chi connectivity index (χ2n) is 4.70. The van der Waals surface area contributed by atoms with E-state index in [4.69, 9.17) is 18.9 Å². The second kappa shape index (κ2) is 20.8. The molecule has 0 aromatic rings. The number of hydrogen-bond donors (Lipinski definition) is 0. The topological polar surface area (TPSA) is 36.9 Å². The van der Waals surface area contributed by atoms with Crippen LogP contribution in [-0.2, 0) is 18.9 Å². The summed E-state index contributed by atoms with van der Waals surface area (Å²) in [5, 5.41) is 0. The van der Waals surface area contributed by atoms with E-state index in [1.807, 2.05) is 27.7 Å². The van der Waals surface area contributed by atoms with Gasteiger partial charge in [-0.15, -0.1) is 0 Å².